The van der Waals surface area contributed by atoms with Crippen molar-refractivity contribution >= 4 is 11.7 Å². The molecule has 1 heterocycles. The molecule has 1 aliphatic heterocycles. The van der Waals surface area contributed by atoms with Gasteiger partial charge in [-0.1, -0.05) is 25.8 Å². The van der Waals surface area contributed by atoms with Gasteiger partial charge in [-0.2, -0.15) is 0 Å². The third kappa shape index (κ3) is 4.77. The van der Waals surface area contributed by atoms with Crippen LogP contribution in [0.15, 0.2) is 12.2 Å². The summed E-state index contributed by atoms with van der Waals surface area (Å²) in [6, 6.07) is 0.0765. The van der Waals surface area contributed by atoms with E-state index in [-0.39, 0.29) is 17.7 Å². The van der Waals surface area contributed by atoms with Crippen molar-refractivity contribution in [1.82, 2.24) is 5.32 Å². The van der Waals surface area contributed by atoms with E-state index in [4.69, 9.17) is 0 Å². The van der Waals surface area contributed by atoms with Crippen molar-refractivity contribution in [2.24, 2.45) is 0 Å². The lowest BCUT2D eigenvalue weighted by Gasteiger charge is -2.01. The Balaban J connectivity index is 2.19. The molecule has 0 aromatic rings. The molecule has 0 aromatic carbocycles. The van der Waals surface area contributed by atoms with E-state index in [0.717, 1.165) is 25.7 Å². The summed E-state index contributed by atoms with van der Waals surface area (Å²) in [5, 5.41) is 2.80. The molecule has 1 rings (SSSR count). The molecule has 0 unspecified atom stereocenters. The van der Waals surface area contributed by atoms with Crippen LogP contribution in [0.5, 0.6) is 0 Å². The molecule has 0 aromatic heterocycles. The van der Waals surface area contributed by atoms with Crippen LogP contribution in [-0.4, -0.2) is 17.7 Å². The van der Waals surface area contributed by atoms with E-state index in [1.807, 2.05) is 6.08 Å². The van der Waals surface area contributed by atoms with Crippen LogP contribution in [0.25, 0.3) is 0 Å². The first-order valence-electron chi connectivity index (χ1n) is 5.72. The predicted octanol–water partition coefficient (Wildman–Crippen LogP) is 1.97. The second kappa shape index (κ2) is 6.38. The number of hydrogen-bond acceptors (Lipinski definition) is 2. The Labute approximate surface area is 90.9 Å². The molecule has 0 spiro atoms. The smallest absolute Gasteiger partial charge is 0.220 e. The molecule has 0 bridgehead atoms. The van der Waals surface area contributed by atoms with Gasteiger partial charge in [0.2, 0.25) is 5.91 Å². The highest BCUT2D eigenvalue weighted by atomic mass is 16.2. The largest absolute Gasteiger partial charge is 0.350 e. The third-order valence-corrected chi connectivity index (χ3v) is 2.57. The second-order valence-electron chi connectivity index (χ2n) is 4.00. The Bertz CT molecular complexity index is 258. The summed E-state index contributed by atoms with van der Waals surface area (Å²) in [5.41, 5.74) is 0. The van der Waals surface area contributed by atoms with Crippen LogP contribution in [-0.2, 0) is 9.59 Å². The minimum Gasteiger partial charge on any atom is -0.350 e. The topological polar surface area (TPSA) is 46.2 Å². The van der Waals surface area contributed by atoms with E-state index < -0.39 is 0 Å². The lowest BCUT2D eigenvalue weighted by molar-refractivity contribution is -0.119. The fraction of sp³-hybridized carbons (Fsp3) is 0.667. The molecule has 1 atom stereocenters. The number of nitrogens with one attached hydrogen (secondary N) is 1. The van der Waals surface area contributed by atoms with Crippen LogP contribution in [0, 0.1) is 0 Å². The summed E-state index contributed by atoms with van der Waals surface area (Å²) < 4.78 is 0. The normalized spacial score (nSPS) is 20.9. The van der Waals surface area contributed by atoms with E-state index in [0.29, 0.717) is 12.8 Å². The minimum absolute atomic E-state index is 0.0765. The van der Waals surface area contributed by atoms with Crippen molar-refractivity contribution in [2.75, 3.05) is 0 Å². The van der Waals surface area contributed by atoms with Gasteiger partial charge in [-0.05, 0) is 18.9 Å². The van der Waals surface area contributed by atoms with E-state index >= 15 is 0 Å². The van der Waals surface area contributed by atoms with Gasteiger partial charge < -0.3 is 5.32 Å². The molecule has 0 radical (unpaired) electrons. The molecule has 1 N–H and O–H groups in total. The summed E-state index contributed by atoms with van der Waals surface area (Å²) in [6.07, 6.45) is 8.68. The van der Waals surface area contributed by atoms with Crippen LogP contribution in [0.1, 0.15) is 45.4 Å². The van der Waals surface area contributed by atoms with E-state index in [1.165, 1.54) is 0 Å². The zero-order valence-corrected chi connectivity index (χ0v) is 9.29. The van der Waals surface area contributed by atoms with Crippen molar-refractivity contribution < 1.29 is 9.59 Å². The number of amides is 1. The Kier molecular flexibility index (Phi) is 5.08. The van der Waals surface area contributed by atoms with Gasteiger partial charge in [-0.25, -0.2) is 0 Å². The molecular weight excluding hydrogens is 190 g/mol. The first-order valence-corrected chi connectivity index (χ1v) is 5.72. The highest BCUT2D eigenvalue weighted by molar-refractivity contribution is 5.89. The van der Waals surface area contributed by atoms with Gasteiger partial charge in [-0.3, -0.25) is 9.59 Å². The first-order chi connectivity index (χ1) is 7.22. The van der Waals surface area contributed by atoms with Crippen LogP contribution in [0.2, 0.25) is 0 Å². The summed E-state index contributed by atoms with van der Waals surface area (Å²) >= 11 is 0. The molecule has 84 valence electrons. The third-order valence-electron chi connectivity index (χ3n) is 2.57. The standard InChI is InChI=1S/C12H19NO2/c1-2-3-4-5-11(14)8-6-10-7-9-12(15)13-10/h6,8,10H,2-5,7,9H2,1H3,(H,13,15)/b8-6+/t10-/m0/s1. The maximum absolute atomic E-state index is 11.4. The predicted molar refractivity (Wildman–Crippen MR) is 59.5 cm³/mol. The number of hydrogen-bond donors (Lipinski definition) is 1. The highest BCUT2D eigenvalue weighted by Crippen LogP contribution is 2.08. The fourth-order valence-corrected chi connectivity index (χ4v) is 1.64. The van der Waals surface area contributed by atoms with Gasteiger partial charge in [0.05, 0.1) is 0 Å². The molecular formula is C12H19NO2. The SMILES string of the molecule is CCCCCC(=O)/C=C/[C@H]1CCC(=O)N1. The molecule has 3 heteroatoms. The molecule has 1 fully saturated rings. The molecule has 1 saturated heterocycles. The lowest BCUT2D eigenvalue weighted by Crippen LogP contribution is -2.23. The number of carbonyl (C=O) groups is 2. The molecule has 1 aliphatic rings. The maximum atomic E-state index is 11.4. The second-order valence-corrected chi connectivity index (χ2v) is 4.00. The molecule has 3 nitrogen and oxygen atoms in total. The van der Waals surface area contributed by atoms with E-state index in [9.17, 15) is 9.59 Å². The Morgan fingerprint density at radius 1 is 1.53 bits per heavy atom. The van der Waals surface area contributed by atoms with Crippen LogP contribution >= 0.6 is 0 Å². The monoisotopic (exact) mass is 209 g/mol. The first kappa shape index (κ1) is 12.0. The van der Waals surface area contributed by atoms with Gasteiger partial charge in [0, 0.05) is 18.9 Å². The average Bonchev–Trinajstić information content (AvgIpc) is 2.62. The Morgan fingerprint density at radius 2 is 2.33 bits per heavy atom. The van der Waals surface area contributed by atoms with Gasteiger partial charge in [0.15, 0.2) is 5.78 Å². The fourth-order valence-electron chi connectivity index (χ4n) is 1.64. The summed E-state index contributed by atoms with van der Waals surface area (Å²) in [4.78, 5) is 22.2. The Hall–Kier alpha value is -1.12. The molecule has 0 saturated carbocycles. The summed E-state index contributed by atoms with van der Waals surface area (Å²) in [5.74, 6) is 0.257. The molecule has 15 heavy (non-hydrogen) atoms. The number of allylic oxidation sites excluding steroid dienone is 1. The van der Waals surface area contributed by atoms with Crippen molar-refractivity contribution in [1.29, 1.82) is 0 Å². The lowest BCUT2D eigenvalue weighted by atomic mass is 10.1. The van der Waals surface area contributed by atoms with Crippen molar-refractivity contribution in [2.45, 2.75) is 51.5 Å². The molecule has 1 amide bonds. The van der Waals surface area contributed by atoms with Gasteiger partial charge in [0.25, 0.3) is 0 Å². The van der Waals surface area contributed by atoms with Crippen LogP contribution < -0.4 is 5.32 Å². The summed E-state index contributed by atoms with van der Waals surface area (Å²) in [7, 11) is 0. The Morgan fingerprint density at radius 3 is 2.93 bits per heavy atom. The van der Waals surface area contributed by atoms with Crippen molar-refractivity contribution in [3.63, 3.8) is 0 Å². The van der Waals surface area contributed by atoms with Crippen molar-refractivity contribution in [3.05, 3.63) is 12.2 Å². The zero-order chi connectivity index (χ0) is 11.1. The minimum atomic E-state index is 0.0765. The number of carbonyl (C=O) groups excluding carboxylic acids is 2. The highest BCUT2D eigenvalue weighted by Gasteiger charge is 2.17. The van der Waals surface area contributed by atoms with Crippen molar-refractivity contribution in [3.8, 4) is 0 Å². The molecule has 0 aliphatic carbocycles. The summed E-state index contributed by atoms with van der Waals surface area (Å²) in [6.45, 7) is 2.12. The van der Waals surface area contributed by atoms with Crippen LogP contribution in [0.4, 0.5) is 0 Å². The van der Waals surface area contributed by atoms with E-state index in [2.05, 4.69) is 12.2 Å². The number of rotatable bonds is 6. The quantitative estimate of drug-likeness (QED) is 0.537. The van der Waals surface area contributed by atoms with Gasteiger partial charge >= 0.3 is 0 Å². The number of unbranched alkanes of at least 4 members (excludes halogenated alkanes) is 2. The van der Waals surface area contributed by atoms with E-state index in [1.54, 1.807) is 6.08 Å². The van der Waals surface area contributed by atoms with Crippen LogP contribution in [0.3, 0.4) is 0 Å². The number of ketones is 1. The average molecular weight is 209 g/mol. The van der Waals surface area contributed by atoms with Gasteiger partial charge in [-0.15, -0.1) is 0 Å². The van der Waals surface area contributed by atoms with Gasteiger partial charge in [0.1, 0.15) is 0 Å². The zero-order valence-electron chi connectivity index (χ0n) is 9.29. The maximum Gasteiger partial charge on any atom is 0.220 e.